The van der Waals surface area contributed by atoms with Crippen LogP contribution in [0.3, 0.4) is 0 Å². The number of carbonyl (C=O) groups excluding carboxylic acids is 2. The molecule has 1 aromatic carbocycles. The number of rotatable bonds is 4. The number of sulfonamides is 1. The Kier molecular flexibility index (Phi) is 6.51. The van der Waals surface area contributed by atoms with Crippen LogP contribution in [0.15, 0.2) is 41.3 Å². The molecular formula is C20H27N3O4S. The van der Waals surface area contributed by atoms with E-state index in [-0.39, 0.29) is 41.6 Å². The Morgan fingerprint density at radius 1 is 0.929 bits per heavy atom. The lowest BCUT2D eigenvalue weighted by Crippen LogP contribution is -2.49. The number of amides is 2. The first-order chi connectivity index (χ1) is 13.4. The first-order valence-electron chi connectivity index (χ1n) is 9.69. The molecule has 0 radical (unpaired) electrons. The van der Waals surface area contributed by atoms with Gasteiger partial charge in [-0.05, 0) is 51.2 Å². The van der Waals surface area contributed by atoms with Crippen molar-refractivity contribution >= 4 is 21.8 Å². The topological polar surface area (TPSA) is 95.6 Å². The largest absolute Gasteiger partial charge is 0.273 e. The minimum absolute atomic E-state index is 0.105. The van der Waals surface area contributed by atoms with Gasteiger partial charge in [0.25, 0.3) is 0 Å². The highest BCUT2D eigenvalue weighted by Gasteiger charge is 2.32. The monoisotopic (exact) mass is 405 g/mol. The van der Waals surface area contributed by atoms with Crippen LogP contribution in [-0.4, -0.2) is 37.6 Å². The van der Waals surface area contributed by atoms with Crippen LogP contribution in [0.5, 0.6) is 0 Å². The van der Waals surface area contributed by atoms with E-state index in [9.17, 15) is 18.0 Å². The van der Waals surface area contributed by atoms with Gasteiger partial charge in [0.15, 0.2) is 0 Å². The molecule has 2 amide bonds. The van der Waals surface area contributed by atoms with Crippen molar-refractivity contribution in [1.29, 1.82) is 0 Å². The zero-order chi connectivity index (χ0) is 20.1. The average molecular weight is 406 g/mol. The maximum Gasteiger partial charge on any atom is 0.243 e. The number of allylic oxidation sites excluding steroid dienone is 2. The number of hydrogen-bond donors (Lipinski definition) is 2. The van der Waals surface area contributed by atoms with Gasteiger partial charge in [-0.3, -0.25) is 20.4 Å². The summed E-state index contributed by atoms with van der Waals surface area (Å²) in [5.41, 5.74) is 6.03. The van der Waals surface area contributed by atoms with Crippen molar-refractivity contribution in [2.24, 2.45) is 11.8 Å². The van der Waals surface area contributed by atoms with Gasteiger partial charge in [0.1, 0.15) is 0 Å². The molecule has 0 bridgehead atoms. The molecule has 2 N–H and O–H groups in total. The normalized spacial score (nSPS) is 21.2. The molecule has 1 atom stereocenters. The first-order valence-corrected chi connectivity index (χ1v) is 11.1. The lowest BCUT2D eigenvalue weighted by atomic mass is 9.94. The smallest absolute Gasteiger partial charge is 0.243 e. The summed E-state index contributed by atoms with van der Waals surface area (Å²) in [6, 6.07) is 6.77. The van der Waals surface area contributed by atoms with Gasteiger partial charge in [-0.2, -0.15) is 4.31 Å². The van der Waals surface area contributed by atoms with Gasteiger partial charge in [0.2, 0.25) is 21.8 Å². The summed E-state index contributed by atoms with van der Waals surface area (Å²) < 4.78 is 26.9. The molecular weight excluding hydrogens is 378 g/mol. The molecule has 1 aliphatic carbocycles. The van der Waals surface area contributed by atoms with E-state index in [1.807, 2.05) is 13.0 Å². The molecule has 28 heavy (non-hydrogen) atoms. The standard InChI is InChI=1S/C20H27N3O4S/c1-15-7-9-18(10-8-15)28(26,27)23-13-11-17(12-14-23)20(25)22-21-19(24)16-5-3-2-4-6-16/h2-3,7-10,16-17H,4-6,11-14H2,1H3,(H,21,24)(H,22,25)/t16-/m1/s1. The summed E-state index contributed by atoms with van der Waals surface area (Å²) in [7, 11) is -3.54. The van der Waals surface area contributed by atoms with Crippen LogP contribution in [0, 0.1) is 18.8 Å². The van der Waals surface area contributed by atoms with Crippen molar-refractivity contribution in [2.75, 3.05) is 13.1 Å². The fourth-order valence-electron chi connectivity index (χ4n) is 3.58. The summed E-state index contributed by atoms with van der Waals surface area (Å²) in [4.78, 5) is 24.7. The maximum absolute atomic E-state index is 12.7. The van der Waals surface area contributed by atoms with E-state index in [4.69, 9.17) is 0 Å². The van der Waals surface area contributed by atoms with Crippen molar-refractivity contribution in [2.45, 2.75) is 43.9 Å². The van der Waals surface area contributed by atoms with E-state index < -0.39 is 10.0 Å². The van der Waals surface area contributed by atoms with Crippen LogP contribution in [0.25, 0.3) is 0 Å². The second-order valence-electron chi connectivity index (χ2n) is 7.45. The Hall–Kier alpha value is -2.19. The quantitative estimate of drug-likeness (QED) is 0.591. The van der Waals surface area contributed by atoms with Gasteiger partial charge in [-0.1, -0.05) is 29.8 Å². The number of hydrazine groups is 1. The van der Waals surface area contributed by atoms with Gasteiger partial charge in [-0.25, -0.2) is 8.42 Å². The maximum atomic E-state index is 12.7. The van der Waals surface area contributed by atoms with Crippen LogP contribution in [0.4, 0.5) is 0 Å². The van der Waals surface area contributed by atoms with Gasteiger partial charge >= 0.3 is 0 Å². The van der Waals surface area contributed by atoms with E-state index >= 15 is 0 Å². The second-order valence-corrected chi connectivity index (χ2v) is 9.39. The Morgan fingerprint density at radius 3 is 2.11 bits per heavy atom. The number of benzene rings is 1. The zero-order valence-corrected chi connectivity index (χ0v) is 16.9. The molecule has 152 valence electrons. The molecule has 3 rings (SSSR count). The summed E-state index contributed by atoms with van der Waals surface area (Å²) in [5.74, 6) is -0.841. The van der Waals surface area contributed by atoms with E-state index in [0.29, 0.717) is 19.3 Å². The highest BCUT2D eigenvalue weighted by atomic mass is 32.2. The molecule has 0 unspecified atom stereocenters. The molecule has 0 saturated carbocycles. The predicted octanol–water partition coefficient (Wildman–Crippen LogP) is 1.90. The van der Waals surface area contributed by atoms with Crippen LogP contribution < -0.4 is 10.9 Å². The number of nitrogens with zero attached hydrogens (tertiary/aromatic N) is 1. The highest BCUT2D eigenvalue weighted by molar-refractivity contribution is 7.89. The van der Waals surface area contributed by atoms with Gasteiger partial charge in [0.05, 0.1) is 4.90 Å². The third-order valence-electron chi connectivity index (χ3n) is 5.43. The average Bonchev–Trinajstić information content (AvgIpc) is 2.73. The summed E-state index contributed by atoms with van der Waals surface area (Å²) >= 11 is 0. The fourth-order valence-corrected chi connectivity index (χ4v) is 5.05. The molecule has 1 saturated heterocycles. The Bertz CT molecular complexity index is 841. The van der Waals surface area contributed by atoms with Gasteiger partial charge in [-0.15, -0.1) is 0 Å². The van der Waals surface area contributed by atoms with Crippen molar-refractivity contribution in [3.05, 3.63) is 42.0 Å². The molecule has 7 nitrogen and oxygen atoms in total. The van der Waals surface area contributed by atoms with E-state index in [2.05, 4.69) is 16.9 Å². The number of piperidine rings is 1. The van der Waals surface area contributed by atoms with E-state index in [1.165, 1.54) is 4.31 Å². The number of hydrogen-bond acceptors (Lipinski definition) is 4. The van der Waals surface area contributed by atoms with Crippen LogP contribution >= 0.6 is 0 Å². The van der Waals surface area contributed by atoms with Crippen molar-refractivity contribution in [1.82, 2.24) is 15.2 Å². The summed E-state index contributed by atoms with van der Waals surface area (Å²) in [6.07, 6.45) is 7.25. The molecule has 0 aromatic heterocycles. The highest BCUT2D eigenvalue weighted by Crippen LogP contribution is 2.24. The third-order valence-corrected chi connectivity index (χ3v) is 7.35. The van der Waals surface area contributed by atoms with Crippen molar-refractivity contribution < 1.29 is 18.0 Å². The van der Waals surface area contributed by atoms with E-state index in [0.717, 1.165) is 18.4 Å². The van der Waals surface area contributed by atoms with Crippen LogP contribution in [-0.2, 0) is 19.6 Å². The number of nitrogens with one attached hydrogen (secondary N) is 2. The summed E-state index contributed by atoms with van der Waals surface area (Å²) in [5, 5.41) is 0. The van der Waals surface area contributed by atoms with Gasteiger partial charge in [0, 0.05) is 24.9 Å². The number of aryl methyl sites for hydroxylation is 1. The third kappa shape index (κ3) is 4.80. The minimum atomic E-state index is -3.54. The zero-order valence-electron chi connectivity index (χ0n) is 16.1. The van der Waals surface area contributed by atoms with Crippen LogP contribution in [0.1, 0.15) is 37.7 Å². The lowest BCUT2D eigenvalue weighted by molar-refractivity contribution is -0.133. The Morgan fingerprint density at radius 2 is 1.54 bits per heavy atom. The molecule has 1 fully saturated rings. The minimum Gasteiger partial charge on any atom is -0.273 e. The summed E-state index contributed by atoms with van der Waals surface area (Å²) in [6.45, 7) is 2.48. The predicted molar refractivity (Wildman–Crippen MR) is 105 cm³/mol. The number of carbonyl (C=O) groups is 2. The Labute approximate surface area is 166 Å². The van der Waals surface area contributed by atoms with E-state index in [1.54, 1.807) is 24.3 Å². The van der Waals surface area contributed by atoms with Gasteiger partial charge < -0.3 is 0 Å². The molecule has 1 aliphatic heterocycles. The lowest BCUT2D eigenvalue weighted by Gasteiger charge is -2.30. The molecule has 2 aliphatic rings. The van der Waals surface area contributed by atoms with Crippen molar-refractivity contribution in [3.8, 4) is 0 Å². The SMILES string of the molecule is Cc1ccc(S(=O)(=O)N2CCC(C(=O)NNC(=O)[C@@H]3CC=CCC3)CC2)cc1. The molecule has 1 heterocycles. The van der Waals surface area contributed by atoms with Crippen LogP contribution in [0.2, 0.25) is 0 Å². The fraction of sp³-hybridized carbons (Fsp3) is 0.500. The second kappa shape index (κ2) is 8.87. The van der Waals surface area contributed by atoms with Crippen molar-refractivity contribution in [3.63, 3.8) is 0 Å². The molecule has 0 spiro atoms. The molecule has 8 heteroatoms. The first kappa shape index (κ1) is 20.5. The molecule has 1 aromatic rings. The Balaban J connectivity index is 1.49.